The van der Waals surface area contributed by atoms with Crippen LogP contribution in [0.2, 0.25) is 0 Å². The first kappa shape index (κ1) is 18.6. The topological polar surface area (TPSA) is 79.6 Å². The lowest BCUT2D eigenvalue weighted by Crippen LogP contribution is -2.64. The van der Waals surface area contributed by atoms with Crippen LogP contribution in [0, 0.1) is 6.92 Å². The molecule has 2 aromatic rings. The van der Waals surface area contributed by atoms with Crippen molar-refractivity contribution in [3.05, 3.63) is 52.6 Å². The third-order valence-electron chi connectivity index (χ3n) is 5.13. The maximum Gasteiger partial charge on any atom is 0.260 e. The van der Waals surface area contributed by atoms with E-state index in [1.807, 2.05) is 37.4 Å². The summed E-state index contributed by atoms with van der Waals surface area (Å²) in [7, 11) is 1.98. The van der Waals surface area contributed by atoms with Crippen LogP contribution in [0.3, 0.4) is 0 Å². The first-order valence-corrected chi connectivity index (χ1v) is 8.78. The minimum Gasteiger partial charge on any atom is -0.394 e. The fourth-order valence-corrected chi connectivity index (χ4v) is 3.32. The van der Waals surface area contributed by atoms with E-state index < -0.39 is 5.54 Å². The zero-order valence-electron chi connectivity index (χ0n) is 15.5. The van der Waals surface area contributed by atoms with Crippen LogP contribution in [0.1, 0.15) is 12.7 Å². The molecule has 1 fully saturated rings. The summed E-state index contributed by atoms with van der Waals surface area (Å²) in [6.07, 6.45) is 0. The number of aromatic nitrogens is 2. The Morgan fingerprint density at radius 2 is 2.12 bits per heavy atom. The van der Waals surface area contributed by atoms with Gasteiger partial charge in [0.25, 0.3) is 5.56 Å². The quantitative estimate of drug-likeness (QED) is 0.831. The van der Waals surface area contributed by atoms with Gasteiger partial charge in [0.15, 0.2) is 0 Å². The molecule has 0 bridgehead atoms. The van der Waals surface area contributed by atoms with Crippen LogP contribution >= 0.6 is 0 Å². The lowest BCUT2D eigenvalue weighted by Gasteiger charge is -2.47. The van der Waals surface area contributed by atoms with E-state index in [1.165, 1.54) is 6.07 Å². The van der Waals surface area contributed by atoms with E-state index >= 15 is 0 Å². The van der Waals surface area contributed by atoms with Gasteiger partial charge in [0, 0.05) is 18.7 Å². The largest absolute Gasteiger partial charge is 0.394 e. The lowest BCUT2D eigenvalue weighted by atomic mass is 9.96. The second-order valence-electron chi connectivity index (χ2n) is 6.91. The van der Waals surface area contributed by atoms with Gasteiger partial charge in [-0.1, -0.05) is 18.2 Å². The highest BCUT2D eigenvalue weighted by atomic mass is 16.5. The van der Waals surface area contributed by atoms with E-state index in [0.29, 0.717) is 31.4 Å². The number of nitrogens with zero attached hydrogens (tertiary/aromatic N) is 3. The van der Waals surface area contributed by atoms with Gasteiger partial charge in [0.2, 0.25) is 0 Å². The Hall–Kier alpha value is -2.22. The zero-order valence-corrected chi connectivity index (χ0v) is 15.5. The molecule has 140 valence electrons. The summed E-state index contributed by atoms with van der Waals surface area (Å²) in [5, 5.41) is 13.2. The Labute approximate surface area is 153 Å². The summed E-state index contributed by atoms with van der Waals surface area (Å²) in [5.74, 6) is 1.10. The normalized spacial score (nSPS) is 23.8. The van der Waals surface area contributed by atoms with Crippen LogP contribution in [0.25, 0.3) is 5.69 Å². The molecule has 0 radical (unpaired) electrons. The van der Waals surface area contributed by atoms with Gasteiger partial charge in [-0.25, -0.2) is 4.98 Å². The summed E-state index contributed by atoms with van der Waals surface area (Å²) in [6.45, 7) is 5.33. The van der Waals surface area contributed by atoms with Crippen LogP contribution in [0.4, 0.5) is 5.82 Å². The van der Waals surface area contributed by atoms with Crippen molar-refractivity contribution >= 4 is 5.82 Å². The number of hydrogen-bond donors (Lipinski definition) is 2. The standard InChI is InChI=1S/C19H26N4O3/c1-14-10-26-13-19(12-24,22(14)3)11-20-17-9-18(25)23(15(2)21-17)16-7-5-4-6-8-16/h4-9,14,20,24H,10-13H2,1-3H3/t14-,19+/m1/s1. The average molecular weight is 358 g/mol. The third kappa shape index (κ3) is 3.51. The first-order valence-electron chi connectivity index (χ1n) is 8.78. The van der Waals surface area contributed by atoms with Crippen molar-refractivity contribution in [2.75, 3.05) is 38.7 Å². The molecule has 1 aromatic heterocycles. The Kier molecular flexibility index (Phi) is 5.41. The molecular weight excluding hydrogens is 332 g/mol. The van der Waals surface area contributed by atoms with Crippen molar-refractivity contribution in [1.29, 1.82) is 0 Å². The highest BCUT2D eigenvalue weighted by Gasteiger charge is 2.40. The van der Waals surface area contributed by atoms with Gasteiger partial charge in [0.05, 0.1) is 31.0 Å². The number of likely N-dealkylation sites (N-methyl/N-ethyl adjacent to an activating group) is 1. The number of anilines is 1. The van der Waals surface area contributed by atoms with Crippen molar-refractivity contribution in [2.45, 2.75) is 25.4 Å². The van der Waals surface area contributed by atoms with E-state index in [-0.39, 0.29) is 18.2 Å². The predicted molar refractivity (Wildman–Crippen MR) is 101 cm³/mol. The molecule has 2 heterocycles. The summed E-state index contributed by atoms with van der Waals surface area (Å²) in [4.78, 5) is 19.2. The molecule has 3 rings (SSSR count). The molecule has 1 saturated heterocycles. The molecule has 0 amide bonds. The number of para-hydroxylation sites is 1. The van der Waals surface area contributed by atoms with E-state index in [1.54, 1.807) is 11.5 Å². The van der Waals surface area contributed by atoms with Crippen molar-refractivity contribution < 1.29 is 9.84 Å². The van der Waals surface area contributed by atoms with Crippen LogP contribution in [-0.4, -0.2) is 64.6 Å². The molecule has 7 nitrogen and oxygen atoms in total. The van der Waals surface area contributed by atoms with Gasteiger partial charge in [-0.2, -0.15) is 0 Å². The van der Waals surface area contributed by atoms with E-state index in [0.717, 1.165) is 5.69 Å². The summed E-state index contributed by atoms with van der Waals surface area (Å²) in [5.41, 5.74) is 0.0997. The summed E-state index contributed by atoms with van der Waals surface area (Å²) < 4.78 is 7.22. The number of nitrogens with one attached hydrogen (secondary N) is 1. The lowest BCUT2D eigenvalue weighted by molar-refractivity contribution is -0.101. The smallest absolute Gasteiger partial charge is 0.260 e. The average Bonchev–Trinajstić information content (AvgIpc) is 2.64. The SMILES string of the molecule is Cc1nc(NC[C@]2(CO)COC[C@@H](C)N2C)cc(=O)n1-c1ccccc1. The van der Waals surface area contributed by atoms with E-state index in [4.69, 9.17) is 4.74 Å². The molecule has 26 heavy (non-hydrogen) atoms. The molecule has 2 N–H and O–H groups in total. The molecule has 0 unspecified atom stereocenters. The van der Waals surface area contributed by atoms with Gasteiger partial charge >= 0.3 is 0 Å². The zero-order chi connectivity index (χ0) is 18.7. The highest BCUT2D eigenvalue weighted by Crippen LogP contribution is 2.22. The Morgan fingerprint density at radius 1 is 1.38 bits per heavy atom. The number of aryl methyl sites for hydroxylation is 1. The number of rotatable bonds is 5. The number of ether oxygens (including phenoxy) is 1. The predicted octanol–water partition coefficient (Wildman–Crippen LogP) is 1.03. The number of morpholine rings is 1. The summed E-state index contributed by atoms with van der Waals surface area (Å²) in [6, 6.07) is 11.1. The number of aliphatic hydroxyl groups excluding tert-OH is 1. The minimum absolute atomic E-state index is 0.0408. The Bertz CT molecular complexity index is 808. The molecule has 7 heteroatoms. The van der Waals surface area contributed by atoms with Crippen molar-refractivity contribution in [2.24, 2.45) is 0 Å². The monoisotopic (exact) mass is 358 g/mol. The van der Waals surface area contributed by atoms with Gasteiger partial charge in [-0.15, -0.1) is 0 Å². The molecule has 0 aliphatic carbocycles. The summed E-state index contributed by atoms with van der Waals surface area (Å²) >= 11 is 0. The van der Waals surface area contributed by atoms with Gasteiger partial charge in [0.1, 0.15) is 11.6 Å². The fraction of sp³-hybridized carbons (Fsp3) is 0.474. The molecule has 2 atom stereocenters. The second kappa shape index (κ2) is 7.57. The van der Waals surface area contributed by atoms with Gasteiger partial charge in [-0.3, -0.25) is 14.3 Å². The number of aliphatic hydroxyl groups is 1. The highest BCUT2D eigenvalue weighted by molar-refractivity contribution is 5.39. The van der Waals surface area contributed by atoms with E-state index in [9.17, 15) is 9.90 Å². The fourth-order valence-electron chi connectivity index (χ4n) is 3.32. The van der Waals surface area contributed by atoms with Gasteiger partial charge in [-0.05, 0) is 33.0 Å². The Morgan fingerprint density at radius 3 is 2.77 bits per heavy atom. The maximum atomic E-state index is 12.6. The minimum atomic E-state index is -0.540. The van der Waals surface area contributed by atoms with Crippen LogP contribution < -0.4 is 10.9 Å². The van der Waals surface area contributed by atoms with Crippen molar-refractivity contribution in [3.8, 4) is 5.69 Å². The van der Waals surface area contributed by atoms with E-state index in [2.05, 4.69) is 22.1 Å². The molecule has 1 aliphatic rings. The molecule has 0 spiro atoms. The molecule has 1 aliphatic heterocycles. The molecule has 0 saturated carbocycles. The Balaban J connectivity index is 1.82. The number of benzene rings is 1. The number of hydrogen-bond acceptors (Lipinski definition) is 6. The molecule has 1 aromatic carbocycles. The first-order chi connectivity index (χ1) is 12.5. The van der Waals surface area contributed by atoms with Crippen LogP contribution in [0.15, 0.2) is 41.2 Å². The third-order valence-corrected chi connectivity index (χ3v) is 5.13. The van der Waals surface area contributed by atoms with Crippen LogP contribution in [-0.2, 0) is 4.74 Å². The van der Waals surface area contributed by atoms with Gasteiger partial charge < -0.3 is 15.2 Å². The second-order valence-corrected chi connectivity index (χ2v) is 6.91. The maximum absolute atomic E-state index is 12.6. The molecular formula is C19H26N4O3. The van der Waals surface area contributed by atoms with Crippen molar-refractivity contribution in [1.82, 2.24) is 14.5 Å². The van der Waals surface area contributed by atoms with Crippen molar-refractivity contribution in [3.63, 3.8) is 0 Å². The van der Waals surface area contributed by atoms with Crippen LogP contribution in [0.5, 0.6) is 0 Å².